The lowest BCUT2D eigenvalue weighted by molar-refractivity contribution is 0.357. The van der Waals surface area contributed by atoms with E-state index < -0.39 is 0 Å². The van der Waals surface area contributed by atoms with Crippen molar-refractivity contribution >= 4 is 41.3 Å². The monoisotopic (exact) mass is 424 g/mol. The molecule has 1 aromatic rings. The van der Waals surface area contributed by atoms with Gasteiger partial charge in [0.25, 0.3) is 0 Å². The molecule has 0 radical (unpaired) electrons. The highest BCUT2D eigenvalue weighted by Gasteiger charge is 2.06. The Labute approximate surface area is 150 Å². The lowest BCUT2D eigenvalue weighted by atomic mass is 10.1. The van der Waals surface area contributed by atoms with Gasteiger partial charge in [0, 0.05) is 32.1 Å². The van der Waals surface area contributed by atoms with Crippen LogP contribution in [0.1, 0.15) is 32.3 Å². The van der Waals surface area contributed by atoms with E-state index >= 15 is 0 Å². The molecule has 0 fully saturated rings. The largest absolute Gasteiger partial charge is 0.357 e. The van der Waals surface area contributed by atoms with Crippen molar-refractivity contribution in [2.75, 3.05) is 39.8 Å². The summed E-state index contributed by atoms with van der Waals surface area (Å²) < 4.78 is 0. The summed E-state index contributed by atoms with van der Waals surface area (Å²) >= 11 is 1.75. The summed E-state index contributed by atoms with van der Waals surface area (Å²) in [7, 11) is 2.13. The minimum atomic E-state index is 0. The van der Waals surface area contributed by atoms with Gasteiger partial charge in [-0.1, -0.05) is 13.8 Å². The molecule has 1 heterocycles. The number of aliphatic imine (C=N–C) groups is 1. The Hall–Kier alpha value is -0.340. The Morgan fingerprint density at radius 2 is 2.14 bits per heavy atom. The number of hydrogen-bond acceptors (Lipinski definition) is 3. The summed E-state index contributed by atoms with van der Waals surface area (Å²) in [6.07, 6.45) is 0. The third-order valence-electron chi connectivity index (χ3n) is 3.31. The molecule has 1 unspecified atom stereocenters. The van der Waals surface area contributed by atoms with Crippen LogP contribution in [0, 0.1) is 0 Å². The molecule has 1 rings (SSSR count). The van der Waals surface area contributed by atoms with Crippen LogP contribution in [0.4, 0.5) is 0 Å². The average Bonchev–Trinajstić information content (AvgIpc) is 2.98. The highest BCUT2D eigenvalue weighted by atomic mass is 127. The first-order chi connectivity index (χ1) is 9.67. The van der Waals surface area contributed by atoms with Gasteiger partial charge in [0.05, 0.1) is 0 Å². The summed E-state index contributed by atoms with van der Waals surface area (Å²) in [6.45, 7) is 11.2. The van der Waals surface area contributed by atoms with Crippen LogP contribution in [-0.4, -0.2) is 50.6 Å². The lowest BCUT2D eigenvalue weighted by Gasteiger charge is -2.16. The molecule has 21 heavy (non-hydrogen) atoms. The third kappa shape index (κ3) is 8.63. The quantitative estimate of drug-likeness (QED) is 0.383. The first-order valence-corrected chi connectivity index (χ1v) is 8.34. The van der Waals surface area contributed by atoms with Gasteiger partial charge in [-0.25, -0.2) is 0 Å². The Kier molecular flexibility index (Phi) is 12.0. The molecule has 0 aliphatic rings. The number of halogens is 1. The summed E-state index contributed by atoms with van der Waals surface area (Å²) in [6, 6.07) is 2.18. The van der Waals surface area contributed by atoms with Crippen molar-refractivity contribution in [3.05, 3.63) is 22.4 Å². The number of rotatable bonds is 8. The number of nitrogens with one attached hydrogen (secondary N) is 2. The molecule has 6 heteroatoms. The van der Waals surface area contributed by atoms with Crippen LogP contribution in [0.15, 0.2) is 21.8 Å². The van der Waals surface area contributed by atoms with Crippen molar-refractivity contribution < 1.29 is 0 Å². The van der Waals surface area contributed by atoms with Gasteiger partial charge in [-0.15, -0.1) is 24.0 Å². The average molecular weight is 424 g/mol. The van der Waals surface area contributed by atoms with Gasteiger partial charge in [0.1, 0.15) is 0 Å². The summed E-state index contributed by atoms with van der Waals surface area (Å²) in [5.74, 6) is 1.38. The number of likely N-dealkylation sites (N-methyl/N-ethyl adjacent to an activating group) is 1. The first-order valence-electron chi connectivity index (χ1n) is 7.40. The van der Waals surface area contributed by atoms with Crippen LogP contribution in [0.5, 0.6) is 0 Å². The molecule has 0 saturated carbocycles. The smallest absolute Gasteiger partial charge is 0.191 e. The Morgan fingerprint density at radius 3 is 2.71 bits per heavy atom. The zero-order valence-electron chi connectivity index (χ0n) is 13.6. The van der Waals surface area contributed by atoms with Crippen LogP contribution in [0.2, 0.25) is 0 Å². The molecular weight excluding hydrogens is 395 g/mol. The van der Waals surface area contributed by atoms with Crippen molar-refractivity contribution in [3.63, 3.8) is 0 Å². The fourth-order valence-corrected chi connectivity index (χ4v) is 2.54. The second-order valence-electron chi connectivity index (χ2n) is 5.00. The van der Waals surface area contributed by atoms with Crippen LogP contribution < -0.4 is 10.6 Å². The van der Waals surface area contributed by atoms with Gasteiger partial charge < -0.3 is 15.5 Å². The van der Waals surface area contributed by atoms with E-state index in [9.17, 15) is 0 Å². The summed E-state index contributed by atoms with van der Waals surface area (Å²) in [5.41, 5.74) is 1.38. The van der Waals surface area contributed by atoms with Crippen LogP contribution in [0.3, 0.4) is 0 Å². The van der Waals surface area contributed by atoms with Gasteiger partial charge in [0.2, 0.25) is 0 Å². The maximum Gasteiger partial charge on any atom is 0.191 e. The molecular formula is C15H29IN4S. The Morgan fingerprint density at radius 1 is 1.38 bits per heavy atom. The van der Waals surface area contributed by atoms with Crippen LogP contribution in [0.25, 0.3) is 0 Å². The standard InChI is InChI=1S/C15H28N4S.HI/c1-5-16-15(17-8-9-19(4)6-2)18-11-13(3)14-7-10-20-12-14;/h7,10,12-13H,5-6,8-9,11H2,1-4H3,(H2,16,17,18);1H. The summed E-state index contributed by atoms with van der Waals surface area (Å²) in [4.78, 5) is 6.95. The predicted molar refractivity (Wildman–Crippen MR) is 105 cm³/mol. The molecule has 0 aromatic carbocycles. The third-order valence-corrected chi connectivity index (χ3v) is 4.01. The normalized spacial score (nSPS) is 12.9. The fourth-order valence-electron chi connectivity index (χ4n) is 1.75. The van der Waals surface area contributed by atoms with Crippen molar-refractivity contribution in [1.29, 1.82) is 0 Å². The molecule has 1 aromatic heterocycles. The first kappa shape index (κ1) is 20.7. The van der Waals surface area contributed by atoms with Crippen LogP contribution in [-0.2, 0) is 0 Å². The number of hydrogen-bond donors (Lipinski definition) is 2. The molecule has 4 nitrogen and oxygen atoms in total. The van der Waals surface area contributed by atoms with E-state index in [1.54, 1.807) is 11.3 Å². The van der Waals surface area contributed by atoms with E-state index in [0.717, 1.165) is 38.7 Å². The Bertz CT molecular complexity index is 381. The Balaban J connectivity index is 0.00000400. The summed E-state index contributed by atoms with van der Waals surface area (Å²) in [5, 5.41) is 11.0. The highest BCUT2D eigenvalue weighted by molar-refractivity contribution is 14.0. The fraction of sp³-hybridized carbons (Fsp3) is 0.667. The molecule has 0 aliphatic heterocycles. The molecule has 0 bridgehead atoms. The van der Waals surface area contributed by atoms with Crippen molar-refractivity contribution in [2.45, 2.75) is 26.7 Å². The van der Waals surface area contributed by atoms with E-state index in [0.29, 0.717) is 5.92 Å². The number of nitrogens with zero attached hydrogens (tertiary/aromatic N) is 2. The molecule has 2 N–H and O–H groups in total. The molecule has 0 amide bonds. The van der Waals surface area contributed by atoms with Gasteiger partial charge in [0.15, 0.2) is 5.96 Å². The minimum absolute atomic E-state index is 0. The SMILES string of the molecule is CCNC(=NCC(C)c1ccsc1)NCCN(C)CC.I. The van der Waals surface area contributed by atoms with E-state index in [1.165, 1.54) is 5.56 Å². The van der Waals surface area contributed by atoms with Gasteiger partial charge in [-0.2, -0.15) is 11.3 Å². The molecule has 122 valence electrons. The second-order valence-corrected chi connectivity index (χ2v) is 5.78. The van der Waals surface area contributed by atoms with E-state index in [4.69, 9.17) is 0 Å². The lowest BCUT2D eigenvalue weighted by Crippen LogP contribution is -2.41. The van der Waals surface area contributed by atoms with E-state index in [2.05, 4.69) is 65.2 Å². The van der Waals surface area contributed by atoms with Crippen molar-refractivity contribution in [2.24, 2.45) is 4.99 Å². The highest BCUT2D eigenvalue weighted by Crippen LogP contribution is 2.18. The molecule has 0 spiro atoms. The van der Waals surface area contributed by atoms with E-state index in [1.807, 2.05) is 0 Å². The van der Waals surface area contributed by atoms with Crippen molar-refractivity contribution in [1.82, 2.24) is 15.5 Å². The zero-order valence-corrected chi connectivity index (χ0v) is 16.7. The van der Waals surface area contributed by atoms with Gasteiger partial charge in [-0.05, 0) is 42.9 Å². The molecule has 1 atom stereocenters. The van der Waals surface area contributed by atoms with Crippen molar-refractivity contribution in [3.8, 4) is 0 Å². The molecule has 0 saturated heterocycles. The zero-order chi connectivity index (χ0) is 14.8. The van der Waals surface area contributed by atoms with Gasteiger partial charge in [-0.3, -0.25) is 4.99 Å². The maximum absolute atomic E-state index is 4.67. The van der Waals surface area contributed by atoms with Gasteiger partial charge >= 0.3 is 0 Å². The number of guanidine groups is 1. The molecule has 0 aliphatic carbocycles. The topological polar surface area (TPSA) is 39.7 Å². The minimum Gasteiger partial charge on any atom is -0.357 e. The maximum atomic E-state index is 4.67. The van der Waals surface area contributed by atoms with Crippen LogP contribution >= 0.6 is 35.3 Å². The second kappa shape index (κ2) is 12.2. The number of thiophene rings is 1. The predicted octanol–water partition coefficient (Wildman–Crippen LogP) is 2.98. The van der Waals surface area contributed by atoms with E-state index in [-0.39, 0.29) is 24.0 Å².